The number of ether oxygens (including phenoxy) is 2. The zero-order valence-corrected chi connectivity index (χ0v) is 18.3. The van der Waals surface area contributed by atoms with Gasteiger partial charge in [-0.05, 0) is 49.2 Å². The first-order valence-electron chi connectivity index (χ1n) is 10.5. The van der Waals surface area contributed by atoms with Crippen molar-refractivity contribution in [3.63, 3.8) is 0 Å². The maximum absolute atomic E-state index is 13.0. The van der Waals surface area contributed by atoms with Gasteiger partial charge >= 0.3 is 5.97 Å². The number of anilines is 1. The summed E-state index contributed by atoms with van der Waals surface area (Å²) in [6.45, 7) is 6.42. The molecule has 2 aromatic carbocycles. The molecule has 0 aromatic heterocycles. The minimum absolute atomic E-state index is 0.154. The summed E-state index contributed by atoms with van der Waals surface area (Å²) in [5, 5.41) is 2.74. The van der Waals surface area contributed by atoms with Gasteiger partial charge < -0.3 is 14.8 Å². The van der Waals surface area contributed by atoms with Gasteiger partial charge in [0.05, 0.1) is 23.3 Å². The zero-order chi connectivity index (χ0) is 23.3. The molecular weight excluding hydrogens is 412 g/mol. The fourth-order valence-electron chi connectivity index (χ4n) is 3.51. The van der Waals surface area contributed by atoms with E-state index in [4.69, 9.17) is 9.47 Å². The van der Waals surface area contributed by atoms with Crippen LogP contribution in [0.25, 0.3) is 0 Å². The summed E-state index contributed by atoms with van der Waals surface area (Å²) in [5.74, 6) is -2.25. The van der Waals surface area contributed by atoms with E-state index in [2.05, 4.69) is 5.32 Å². The number of nitrogens with one attached hydrogen (secondary N) is 1. The molecule has 3 rings (SSSR count). The topological polar surface area (TPSA) is 102 Å². The molecule has 3 amide bonds. The molecule has 0 bridgehead atoms. The van der Waals surface area contributed by atoms with Crippen molar-refractivity contribution in [1.82, 2.24) is 4.90 Å². The number of carbonyl (C=O) groups excluding carboxylic acids is 4. The van der Waals surface area contributed by atoms with Gasteiger partial charge in [0.25, 0.3) is 11.8 Å². The predicted octanol–water partition coefficient (Wildman–Crippen LogP) is 3.14. The Labute approximate surface area is 186 Å². The molecule has 0 saturated carbocycles. The lowest BCUT2D eigenvalue weighted by Crippen LogP contribution is -2.50. The first-order chi connectivity index (χ1) is 15.3. The zero-order valence-electron chi connectivity index (χ0n) is 18.3. The van der Waals surface area contributed by atoms with Crippen LogP contribution in [0.5, 0.6) is 0 Å². The molecule has 0 radical (unpaired) electrons. The highest BCUT2D eigenvalue weighted by atomic mass is 16.6. The van der Waals surface area contributed by atoms with Crippen molar-refractivity contribution >= 4 is 29.4 Å². The Kier molecular flexibility index (Phi) is 7.37. The molecule has 1 heterocycles. The van der Waals surface area contributed by atoms with Gasteiger partial charge in [-0.2, -0.15) is 0 Å². The van der Waals surface area contributed by atoms with E-state index in [0.29, 0.717) is 35.6 Å². The van der Waals surface area contributed by atoms with Crippen molar-refractivity contribution in [2.45, 2.75) is 26.8 Å². The molecule has 1 aliphatic rings. The van der Waals surface area contributed by atoms with Crippen molar-refractivity contribution in [2.24, 2.45) is 5.92 Å². The number of fused-ring (bicyclic) bond motifs is 1. The molecule has 8 heteroatoms. The van der Waals surface area contributed by atoms with Gasteiger partial charge in [0.15, 0.2) is 0 Å². The second-order valence-electron chi connectivity index (χ2n) is 7.61. The molecule has 32 heavy (non-hydrogen) atoms. The Morgan fingerprint density at radius 3 is 2.06 bits per heavy atom. The molecule has 8 nitrogen and oxygen atoms in total. The van der Waals surface area contributed by atoms with Crippen LogP contribution in [0.15, 0.2) is 48.5 Å². The van der Waals surface area contributed by atoms with Crippen LogP contribution in [0.4, 0.5) is 5.69 Å². The van der Waals surface area contributed by atoms with E-state index in [0.717, 1.165) is 4.90 Å². The van der Waals surface area contributed by atoms with E-state index in [-0.39, 0.29) is 12.5 Å². The van der Waals surface area contributed by atoms with Crippen LogP contribution in [0.2, 0.25) is 0 Å². The summed E-state index contributed by atoms with van der Waals surface area (Å²) in [7, 11) is 0. The third-order valence-corrected chi connectivity index (χ3v) is 5.06. The molecule has 0 spiro atoms. The van der Waals surface area contributed by atoms with Crippen molar-refractivity contribution in [3.8, 4) is 0 Å². The van der Waals surface area contributed by atoms with Gasteiger partial charge in [0, 0.05) is 12.3 Å². The SMILES string of the molecule is CCOCCOC(=O)c1ccc(NC(=O)C(C(C)C)N2C(=O)c3ccccc3C2=O)cc1. The van der Waals surface area contributed by atoms with Gasteiger partial charge in [-0.15, -0.1) is 0 Å². The minimum Gasteiger partial charge on any atom is -0.460 e. The first-order valence-corrected chi connectivity index (χ1v) is 10.5. The highest BCUT2D eigenvalue weighted by Crippen LogP contribution is 2.27. The largest absolute Gasteiger partial charge is 0.460 e. The lowest BCUT2D eigenvalue weighted by Gasteiger charge is -2.28. The van der Waals surface area contributed by atoms with E-state index in [9.17, 15) is 19.2 Å². The van der Waals surface area contributed by atoms with Gasteiger partial charge in [0.1, 0.15) is 12.6 Å². The lowest BCUT2D eigenvalue weighted by molar-refractivity contribution is -0.121. The van der Waals surface area contributed by atoms with Crippen LogP contribution < -0.4 is 5.32 Å². The monoisotopic (exact) mass is 438 g/mol. The smallest absolute Gasteiger partial charge is 0.338 e. The number of hydrogen-bond donors (Lipinski definition) is 1. The van der Waals surface area contributed by atoms with Crippen LogP contribution in [-0.2, 0) is 14.3 Å². The second kappa shape index (κ2) is 10.2. The molecule has 2 aromatic rings. The van der Waals surface area contributed by atoms with Gasteiger partial charge in [0.2, 0.25) is 5.91 Å². The van der Waals surface area contributed by atoms with Gasteiger partial charge in [-0.3, -0.25) is 19.3 Å². The molecule has 168 valence electrons. The Hall–Kier alpha value is -3.52. The number of nitrogens with zero attached hydrogens (tertiary/aromatic N) is 1. The number of carbonyl (C=O) groups is 4. The quantitative estimate of drug-likeness (QED) is 0.367. The summed E-state index contributed by atoms with van der Waals surface area (Å²) in [5.41, 5.74) is 1.36. The second-order valence-corrected chi connectivity index (χ2v) is 7.61. The van der Waals surface area contributed by atoms with Crippen molar-refractivity contribution in [2.75, 3.05) is 25.1 Å². The highest BCUT2D eigenvalue weighted by molar-refractivity contribution is 6.23. The van der Waals surface area contributed by atoms with Crippen LogP contribution in [-0.4, -0.2) is 54.5 Å². The van der Waals surface area contributed by atoms with Gasteiger partial charge in [-0.1, -0.05) is 26.0 Å². The van der Waals surface area contributed by atoms with E-state index in [1.165, 1.54) is 12.1 Å². The third kappa shape index (κ3) is 4.86. The van der Waals surface area contributed by atoms with E-state index >= 15 is 0 Å². The Morgan fingerprint density at radius 1 is 0.938 bits per heavy atom. The standard InChI is InChI=1S/C24H26N2O6/c1-4-31-13-14-32-24(30)16-9-11-17(12-10-16)25-21(27)20(15(2)3)26-22(28)18-7-5-6-8-19(18)23(26)29/h5-12,15,20H,4,13-14H2,1-3H3,(H,25,27). The maximum atomic E-state index is 13.0. The van der Waals surface area contributed by atoms with Crippen molar-refractivity contribution in [1.29, 1.82) is 0 Å². The Bertz CT molecular complexity index is 980. The van der Waals surface area contributed by atoms with Gasteiger partial charge in [-0.25, -0.2) is 4.79 Å². The maximum Gasteiger partial charge on any atom is 0.338 e. The number of hydrogen-bond acceptors (Lipinski definition) is 6. The number of rotatable bonds is 9. The van der Waals surface area contributed by atoms with Crippen molar-refractivity contribution in [3.05, 3.63) is 65.2 Å². The molecule has 1 unspecified atom stereocenters. The van der Waals surface area contributed by atoms with E-state index < -0.39 is 29.7 Å². The number of amides is 3. The van der Waals surface area contributed by atoms with Crippen LogP contribution in [0, 0.1) is 5.92 Å². The summed E-state index contributed by atoms with van der Waals surface area (Å²) >= 11 is 0. The van der Waals surface area contributed by atoms with Crippen molar-refractivity contribution < 1.29 is 28.7 Å². The summed E-state index contributed by atoms with van der Waals surface area (Å²) in [6, 6.07) is 11.7. The molecule has 0 saturated heterocycles. The van der Waals surface area contributed by atoms with E-state index in [1.807, 2.05) is 6.92 Å². The fourth-order valence-corrected chi connectivity index (χ4v) is 3.51. The average molecular weight is 438 g/mol. The third-order valence-electron chi connectivity index (χ3n) is 5.06. The molecule has 1 N–H and O–H groups in total. The normalized spacial score (nSPS) is 13.8. The Balaban J connectivity index is 1.69. The molecule has 1 aliphatic heterocycles. The lowest BCUT2D eigenvalue weighted by atomic mass is 10.0. The number of esters is 1. The fraction of sp³-hybridized carbons (Fsp3) is 0.333. The molecule has 1 atom stereocenters. The van der Waals surface area contributed by atoms with E-state index in [1.54, 1.807) is 50.2 Å². The molecule has 0 aliphatic carbocycles. The van der Waals surface area contributed by atoms with Crippen LogP contribution in [0.1, 0.15) is 51.8 Å². The van der Waals surface area contributed by atoms with Crippen LogP contribution >= 0.6 is 0 Å². The minimum atomic E-state index is -0.981. The average Bonchev–Trinajstić information content (AvgIpc) is 3.02. The number of imide groups is 1. The Morgan fingerprint density at radius 2 is 1.53 bits per heavy atom. The number of benzene rings is 2. The molecule has 0 fully saturated rings. The summed E-state index contributed by atoms with van der Waals surface area (Å²) in [4.78, 5) is 51.8. The van der Waals surface area contributed by atoms with Crippen LogP contribution in [0.3, 0.4) is 0 Å². The first kappa shape index (κ1) is 23.1. The molecular formula is C24H26N2O6. The highest BCUT2D eigenvalue weighted by Gasteiger charge is 2.43. The predicted molar refractivity (Wildman–Crippen MR) is 117 cm³/mol. The summed E-state index contributed by atoms with van der Waals surface area (Å²) in [6.07, 6.45) is 0. The summed E-state index contributed by atoms with van der Waals surface area (Å²) < 4.78 is 10.2.